The van der Waals surface area contributed by atoms with E-state index in [1.165, 1.54) is 5.56 Å². The zero-order chi connectivity index (χ0) is 16.3. The molecule has 1 N–H and O–H groups in total. The number of esters is 1. The minimum absolute atomic E-state index is 0.130. The van der Waals surface area contributed by atoms with Crippen LogP contribution < -0.4 is 5.32 Å². The third-order valence-corrected chi connectivity index (χ3v) is 4.34. The molecule has 0 bridgehead atoms. The highest BCUT2D eigenvalue weighted by Crippen LogP contribution is 2.40. The van der Waals surface area contributed by atoms with Gasteiger partial charge >= 0.3 is 5.97 Å². The first-order valence-corrected chi connectivity index (χ1v) is 7.91. The van der Waals surface area contributed by atoms with Crippen molar-refractivity contribution in [2.75, 3.05) is 6.61 Å². The highest BCUT2D eigenvalue weighted by molar-refractivity contribution is 5.89. The largest absolute Gasteiger partial charge is 0.464 e. The third-order valence-electron chi connectivity index (χ3n) is 4.34. The number of carbonyl (C=O) groups excluding carboxylic acids is 2. The Morgan fingerprint density at radius 3 is 2.55 bits per heavy atom. The van der Waals surface area contributed by atoms with Crippen LogP contribution >= 0.6 is 0 Å². The Bertz CT molecular complexity index is 578. The minimum Gasteiger partial charge on any atom is -0.464 e. The monoisotopic (exact) mass is 303 g/mol. The molecule has 4 heteroatoms. The van der Waals surface area contributed by atoms with Crippen LogP contribution in [0.25, 0.3) is 0 Å². The molecule has 1 amide bonds. The molecule has 0 spiro atoms. The zero-order valence-electron chi connectivity index (χ0n) is 13.9. The number of aryl methyl sites for hydroxylation is 2. The van der Waals surface area contributed by atoms with Gasteiger partial charge in [0, 0.05) is 0 Å². The Kier molecular flexibility index (Phi) is 4.89. The number of benzene rings is 1. The summed E-state index contributed by atoms with van der Waals surface area (Å²) in [6, 6.07) is 6.04. The Morgan fingerprint density at radius 2 is 2.00 bits per heavy atom. The van der Waals surface area contributed by atoms with Crippen molar-refractivity contribution in [3.63, 3.8) is 0 Å². The summed E-state index contributed by atoms with van der Waals surface area (Å²) in [6.07, 6.45) is 2.20. The smallest absolute Gasteiger partial charge is 0.331 e. The van der Waals surface area contributed by atoms with Gasteiger partial charge in [-0.15, -0.1) is 0 Å². The van der Waals surface area contributed by atoms with Crippen molar-refractivity contribution in [2.24, 2.45) is 5.92 Å². The minimum atomic E-state index is -0.897. The van der Waals surface area contributed by atoms with Crippen molar-refractivity contribution < 1.29 is 14.3 Å². The molecule has 2 rings (SSSR count). The van der Waals surface area contributed by atoms with Gasteiger partial charge in [-0.1, -0.05) is 23.8 Å². The molecule has 4 nitrogen and oxygen atoms in total. The van der Waals surface area contributed by atoms with E-state index in [-0.39, 0.29) is 24.2 Å². The molecule has 1 atom stereocenters. The van der Waals surface area contributed by atoms with Gasteiger partial charge in [0.15, 0.2) is 0 Å². The second kappa shape index (κ2) is 6.51. The molecular formula is C18H25NO3. The van der Waals surface area contributed by atoms with Gasteiger partial charge in [0.1, 0.15) is 5.54 Å². The van der Waals surface area contributed by atoms with Gasteiger partial charge in [0.05, 0.1) is 13.0 Å². The molecule has 0 saturated heterocycles. The van der Waals surface area contributed by atoms with E-state index >= 15 is 0 Å². The van der Waals surface area contributed by atoms with Crippen molar-refractivity contribution in [2.45, 2.75) is 52.5 Å². The summed E-state index contributed by atoms with van der Waals surface area (Å²) in [5.74, 6) is -0.268. The molecule has 0 aliphatic heterocycles. The maximum atomic E-state index is 12.4. The molecule has 1 saturated carbocycles. The van der Waals surface area contributed by atoms with Crippen LogP contribution in [0.4, 0.5) is 0 Å². The van der Waals surface area contributed by atoms with E-state index in [0.717, 1.165) is 24.0 Å². The van der Waals surface area contributed by atoms with Gasteiger partial charge in [0.2, 0.25) is 5.91 Å². The van der Waals surface area contributed by atoms with E-state index < -0.39 is 5.54 Å². The van der Waals surface area contributed by atoms with Gasteiger partial charge in [0.25, 0.3) is 0 Å². The second-order valence-corrected chi connectivity index (χ2v) is 6.35. The van der Waals surface area contributed by atoms with Gasteiger partial charge in [-0.05, 0) is 57.6 Å². The number of rotatable bonds is 6. The lowest BCUT2D eigenvalue weighted by Crippen LogP contribution is -2.55. The summed E-state index contributed by atoms with van der Waals surface area (Å²) in [4.78, 5) is 24.6. The van der Waals surface area contributed by atoms with E-state index in [0.29, 0.717) is 6.61 Å². The molecule has 1 unspecified atom stereocenters. The van der Waals surface area contributed by atoms with Gasteiger partial charge in [-0.2, -0.15) is 0 Å². The fraction of sp³-hybridized carbons (Fsp3) is 0.556. The summed E-state index contributed by atoms with van der Waals surface area (Å²) in [5.41, 5.74) is 2.37. The number of hydrogen-bond donors (Lipinski definition) is 1. The Morgan fingerprint density at radius 1 is 1.32 bits per heavy atom. The first-order chi connectivity index (χ1) is 10.4. The van der Waals surface area contributed by atoms with Crippen molar-refractivity contribution in [3.05, 3.63) is 34.9 Å². The Balaban J connectivity index is 2.07. The highest BCUT2D eigenvalue weighted by atomic mass is 16.5. The lowest BCUT2D eigenvalue weighted by molar-refractivity contribution is -0.153. The topological polar surface area (TPSA) is 55.4 Å². The molecule has 22 heavy (non-hydrogen) atoms. The van der Waals surface area contributed by atoms with Crippen LogP contribution in [0.5, 0.6) is 0 Å². The molecule has 0 aromatic heterocycles. The van der Waals surface area contributed by atoms with E-state index in [9.17, 15) is 9.59 Å². The molecule has 1 aliphatic rings. The van der Waals surface area contributed by atoms with Gasteiger partial charge in [-0.25, -0.2) is 4.79 Å². The summed E-state index contributed by atoms with van der Waals surface area (Å²) < 4.78 is 5.15. The lowest BCUT2D eigenvalue weighted by atomic mass is 9.94. The average Bonchev–Trinajstić information content (AvgIpc) is 3.27. The fourth-order valence-electron chi connectivity index (χ4n) is 2.81. The maximum Gasteiger partial charge on any atom is 0.331 e. The number of hydrogen-bond acceptors (Lipinski definition) is 3. The maximum absolute atomic E-state index is 12.4. The van der Waals surface area contributed by atoms with E-state index in [2.05, 4.69) is 11.4 Å². The molecule has 1 aromatic carbocycles. The van der Waals surface area contributed by atoms with Crippen molar-refractivity contribution in [1.82, 2.24) is 5.32 Å². The molecule has 120 valence electrons. The predicted octanol–water partition coefficient (Wildman–Crippen LogP) is 2.69. The van der Waals surface area contributed by atoms with Crippen molar-refractivity contribution in [3.8, 4) is 0 Å². The summed E-state index contributed by atoms with van der Waals surface area (Å²) in [6.45, 7) is 7.92. The van der Waals surface area contributed by atoms with E-state index in [4.69, 9.17) is 4.74 Å². The molecule has 0 radical (unpaired) electrons. The Hall–Kier alpha value is -1.84. The summed E-state index contributed by atoms with van der Waals surface area (Å²) in [7, 11) is 0. The van der Waals surface area contributed by atoms with Crippen LogP contribution in [0.2, 0.25) is 0 Å². The van der Waals surface area contributed by atoms with Crippen LogP contribution in [0, 0.1) is 19.8 Å². The van der Waals surface area contributed by atoms with E-state index in [1.807, 2.05) is 26.0 Å². The van der Waals surface area contributed by atoms with Crippen molar-refractivity contribution in [1.29, 1.82) is 0 Å². The highest BCUT2D eigenvalue weighted by Gasteiger charge is 2.49. The molecular weight excluding hydrogens is 278 g/mol. The third kappa shape index (κ3) is 3.67. The molecule has 1 fully saturated rings. The van der Waals surface area contributed by atoms with Gasteiger partial charge in [-0.3, -0.25) is 4.79 Å². The first-order valence-electron chi connectivity index (χ1n) is 7.91. The van der Waals surface area contributed by atoms with Crippen LogP contribution in [0.1, 0.15) is 43.4 Å². The quantitative estimate of drug-likeness (QED) is 0.822. The zero-order valence-corrected chi connectivity index (χ0v) is 13.9. The number of ether oxygens (including phenoxy) is 1. The van der Waals surface area contributed by atoms with Crippen LogP contribution in [-0.2, 0) is 20.7 Å². The molecule has 1 aliphatic carbocycles. The number of amides is 1. The lowest BCUT2D eigenvalue weighted by Gasteiger charge is -2.28. The summed E-state index contributed by atoms with van der Waals surface area (Å²) in [5, 5.41) is 2.92. The average molecular weight is 303 g/mol. The normalized spacial score (nSPS) is 16.7. The van der Waals surface area contributed by atoms with Crippen LogP contribution in [-0.4, -0.2) is 24.0 Å². The Labute approximate surface area is 132 Å². The SMILES string of the molecule is CCOC(=O)C(C)(NC(=O)Cc1ccc(C)cc1C)C1CC1. The molecule has 1 aromatic rings. The fourth-order valence-corrected chi connectivity index (χ4v) is 2.81. The van der Waals surface area contributed by atoms with E-state index in [1.54, 1.807) is 13.8 Å². The second-order valence-electron chi connectivity index (χ2n) is 6.35. The van der Waals surface area contributed by atoms with Crippen molar-refractivity contribution >= 4 is 11.9 Å². The number of carbonyl (C=O) groups is 2. The van der Waals surface area contributed by atoms with Gasteiger partial charge < -0.3 is 10.1 Å². The predicted molar refractivity (Wildman–Crippen MR) is 85.5 cm³/mol. The van der Waals surface area contributed by atoms with Crippen LogP contribution in [0.15, 0.2) is 18.2 Å². The van der Waals surface area contributed by atoms with Crippen LogP contribution in [0.3, 0.4) is 0 Å². The summed E-state index contributed by atoms with van der Waals surface area (Å²) >= 11 is 0. The molecule has 0 heterocycles. The standard InChI is InChI=1S/C18H25NO3/c1-5-22-17(21)18(4,15-8-9-15)19-16(20)11-14-7-6-12(2)10-13(14)3/h6-7,10,15H,5,8-9,11H2,1-4H3,(H,19,20). The number of nitrogens with one attached hydrogen (secondary N) is 1. The first kappa shape index (κ1) is 16.5.